The number of hydrogen-bond acceptors (Lipinski definition) is 4. The number of carbonyl (C=O) groups excluding carboxylic acids is 1. The fourth-order valence-electron chi connectivity index (χ4n) is 4.55. The van der Waals surface area contributed by atoms with E-state index in [1.165, 1.54) is 25.0 Å². The summed E-state index contributed by atoms with van der Waals surface area (Å²) in [4.78, 5) is 12.6. The fourth-order valence-corrected chi connectivity index (χ4v) is 5.59. The van der Waals surface area contributed by atoms with Crippen LogP contribution in [0.5, 0.6) is 0 Å². The molecule has 1 fully saturated rings. The molecule has 0 saturated heterocycles. The van der Waals surface area contributed by atoms with Crippen molar-refractivity contribution in [3.8, 4) is 11.1 Å². The second-order valence-corrected chi connectivity index (χ2v) is 11.1. The van der Waals surface area contributed by atoms with Gasteiger partial charge in [-0.05, 0) is 91.8 Å². The normalized spacial score (nSPS) is 14.6. The van der Waals surface area contributed by atoms with Crippen LogP contribution in [0.3, 0.4) is 0 Å². The van der Waals surface area contributed by atoms with Gasteiger partial charge in [0, 0.05) is 11.6 Å². The van der Waals surface area contributed by atoms with Gasteiger partial charge in [0.15, 0.2) is 0 Å². The summed E-state index contributed by atoms with van der Waals surface area (Å²) in [6.07, 6.45) is 6.17. The summed E-state index contributed by atoms with van der Waals surface area (Å²) < 4.78 is 41.9. The molecule has 3 aromatic carbocycles. The number of sulfonamides is 1. The number of nitrogens with one attached hydrogen (secondary N) is 2. The maximum Gasteiger partial charge on any atom is 0.264 e. The minimum atomic E-state index is -3.95. The van der Waals surface area contributed by atoms with Gasteiger partial charge in [-0.25, -0.2) is 17.5 Å². The molecule has 2 N–H and O–H groups in total. The van der Waals surface area contributed by atoms with Crippen molar-refractivity contribution < 1.29 is 17.6 Å². The summed E-state index contributed by atoms with van der Waals surface area (Å²) in [5.74, 6) is -0.958. The summed E-state index contributed by atoms with van der Waals surface area (Å²) in [5, 5.41) is 3.32. The number of amides is 1. The second kappa shape index (κ2) is 10.7. The highest BCUT2D eigenvalue weighted by Gasteiger charge is 2.19. The van der Waals surface area contributed by atoms with Gasteiger partial charge in [-0.2, -0.15) is 0 Å². The number of rotatable bonds is 7. The molecule has 1 saturated carbocycles. The summed E-state index contributed by atoms with van der Waals surface area (Å²) in [5.41, 5.74) is 5.09. The lowest BCUT2D eigenvalue weighted by Crippen LogP contribution is -2.31. The zero-order chi connectivity index (χ0) is 25.9. The van der Waals surface area contributed by atoms with E-state index < -0.39 is 15.9 Å². The molecule has 0 unspecified atom stereocenters. The Balaban J connectivity index is 1.53. The zero-order valence-electron chi connectivity index (χ0n) is 20.8. The topological polar surface area (TPSA) is 75.3 Å². The molecule has 0 atom stereocenters. The van der Waals surface area contributed by atoms with Crippen LogP contribution in [0.25, 0.3) is 17.2 Å². The summed E-state index contributed by atoms with van der Waals surface area (Å²) in [7, 11) is -3.95. The van der Waals surface area contributed by atoms with Crippen LogP contribution in [0.2, 0.25) is 0 Å². The maximum atomic E-state index is 14.9. The van der Waals surface area contributed by atoms with Crippen LogP contribution in [0.1, 0.15) is 49.3 Å². The fraction of sp³-hybridized carbons (Fsp3) is 0.276. The third-order valence-electron chi connectivity index (χ3n) is 6.62. The maximum absolute atomic E-state index is 14.9. The highest BCUT2D eigenvalue weighted by molar-refractivity contribution is 7.90. The molecular weight excluding hydrogens is 475 g/mol. The Bertz CT molecular complexity index is 1410. The van der Waals surface area contributed by atoms with Crippen LogP contribution >= 0.6 is 0 Å². The van der Waals surface area contributed by atoms with Crippen molar-refractivity contribution in [2.24, 2.45) is 0 Å². The van der Waals surface area contributed by atoms with Gasteiger partial charge >= 0.3 is 0 Å². The molecule has 0 heterocycles. The minimum Gasteiger partial charge on any atom is -0.380 e. The van der Waals surface area contributed by atoms with Crippen molar-refractivity contribution in [2.45, 2.75) is 57.4 Å². The van der Waals surface area contributed by atoms with Gasteiger partial charge < -0.3 is 5.32 Å². The first-order valence-electron chi connectivity index (χ1n) is 12.1. The lowest BCUT2D eigenvalue weighted by Gasteiger charge is -2.16. The van der Waals surface area contributed by atoms with Gasteiger partial charge in [-0.3, -0.25) is 4.79 Å². The van der Waals surface area contributed by atoms with Crippen LogP contribution in [0, 0.1) is 19.7 Å². The Morgan fingerprint density at radius 1 is 0.972 bits per heavy atom. The SMILES string of the molecule is C/C(=C\c1cc(C)c(-c2ccc(NC3CCCC3)c(F)c2)cc1C)C(=O)NS(=O)(=O)c1ccccc1. The van der Waals surface area contributed by atoms with Crippen molar-refractivity contribution >= 4 is 27.7 Å². The molecule has 36 heavy (non-hydrogen) atoms. The predicted molar refractivity (Wildman–Crippen MR) is 143 cm³/mol. The minimum absolute atomic E-state index is 0.0271. The van der Waals surface area contributed by atoms with E-state index in [1.54, 1.807) is 43.3 Å². The number of carbonyl (C=O) groups is 1. The van der Waals surface area contributed by atoms with E-state index in [4.69, 9.17) is 0 Å². The quantitative estimate of drug-likeness (QED) is 0.365. The number of hydrogen-bond donors (Lipinski definition) is 2. The number of aryl methyl sites for hydroxylation is 2. The Labute approximate surface area is 212 Å². The van der Waals surface area contributed by atoms with Gasteiger partial charge in [0.25, 0.3) is 15.9 Å². The molecule has 1 amide bonds. The van der Waals surface area contributed by atoms with Crippen molar-refractivity contribution in [1.29, 1.82) is 0 Å². The molecule has 0 radical (unpaired) electrons. The summed E-state index contributed by atoms with van der Waals surface area (Å²) in [6, 6.07) is 17.3. The molecule has 7 heteroatoms. The average Bonchev–Trinajstić information content (AvgIpc) is 3.36. The van der Waals surface area contributed by atoms with E-state index in [0.29, 0.717) is 11.7 Å². The molecule has 3 aromatic rings. The van der Waals surface area contributed by atoms with E-state index in [9.17, 15) is 17.6 Å². The standard InChI is InChI=1S/C29H31FN2O3S/c1-19-17-26(22-13-14-28(27(30)18-22)31-24-9-7-8-10-24)20(2)15-23(19)16-21(3)29(33)32-36(34,35)25-11-5-4-6-12-25/h4-6,11-18,24,31H,7-10H2,1-3H3,(H,32,33)/b21-16+. The van der Waals surface area contributed by atoms with Gasteiger partial charge in [0.05, 0.1) is 10.6 Å². The van der Waals surface area contributed by atoms with E-state index >= 15 is 0 Å². The lowest BCUT2D eigenvalue weighted by atomic mass is 9.94. The van der Waals surface area contributed by atoms with Crippen molar-refractivity contribution in [3.63, 3.8) is 0 Å². The molecule has 4 rings (SSSR count). The van der Waals surface area contributed by atoms with Crippen LogP contribution in [-0.2, 0) is 14.8 Å². The van der Waals surface area contributed by atoms with Crippen LogP contribution < -0.4 is 10.0 Å². The molecule has 0 aromatic heterocycles. The monoisotopic (exact) mass is 506 g/mol. The summed E-state index contributed by atoms with van der Waals surface area (Å²) >= 11 is 0. The van der Waals surface area contributed by atoms with Crippen molar-refractivity contribution in [3.05, 3.63) is 88.7 Å². The number of halogens is 1. The summed E-state index contributed by atoms with van der Waals surface area (Å²) in [6.45, 7) is 5.42. The van der Waals surface area contributed by atoms with Crippen molar-refractivity contribution in [1.82, 2.24) is 4.72 Å². The third-order valence-corrected chi connectivity index (χ3v) is 7.97. The molecule has 5 nitrogen and oxygen atoms in total. The molecular formula is C29H31FN2O3S. The molecule has 0 aliphatic heterocycles. The van der Waals surface area contributed by atoms with E-state index in [2.05, 4.69) is 10.0 Å². The highest BCUT2D eigenvalue weighted by atomic mass is 32.2. The first kappa shape index (κ1) is 25.6. The Kier molecular flexibility index (Phi) is 7.59. The largest absolute Gasteiger partial charge is 0.380 e. The van der Waals surface area contributed by atoms with Gasteiger partial charge in [0.1, 0.15) is 5.82 Å². The number of anilines is 1. The van der Waals surface area contributed by atoms with Gasteiger partial charge in [0.2, 0.25) is 0 Å². The lowest BCUT2D eigenvalue weighted by molar-refractivity contribution is -0.115. The average molecular weight is 507 g/mol. The third kappa shape index (κ3) is 5.85. The van der Waals surface area contributed by atoms with E-state index in [1.807, 2.05) is 32.0 Å². The molecule has 188 valence electrons. The van der Waals surface area contributed by atoms with Crippen LogP contribution in [-0.4, -0.2) is 20.4 Å². The first-order valence-corrected chi connectivity index (χ1v) is 13.6. The van der Waals surface area contributed by atoms with E-state index in [0.717, 1.165) is 40.7 Å². The Morgan fingerprint density at radius 3 is 2.33 bits per heavy atom. The molecule has 1 aliphatic carbocycles. The van der Waals surface area contributed by atoms with Gasteiger partial charge in [-0.15, -0.1) is 0 Å². The molecule has 1 aliphatic rings. The van der Waals surface area contributed by atoms with Crippen molar-refractivity contribution in [2.75, 3.05) is 5.32 Å². The second-order valence-electron chi connectivity index (χ2n) is 9.42. The van der Waals surface area contributed by atoms with Crippen LogP contribution in [0.4, 0.5) is 10.1 Å². The Hall–Kier alpha value is -3.45. The Morgan fingerprint density at radius 2 is 1.67 bits per heavy atom. The zero-order valence-corrected chi connectivity index (χ0v) is 21.6. The van der Waals surface area contributed by atoms with E-state index in [-0.39, 0.29) is 16.3 Å². The highest BCUT2D eigenvalue weighted by Crippen LogP contribution is 2.31. The van der Waals surface area contributed by atoms with Crippen LogP contribution in [0.15, 0.2) is 71.1 Å². The van der Waals surface area contributed by atoms with Gasteiger partial charge in [-0.1, -0.05) is 49.2 Å². The first-order chi connectivity index (χ1) is 17.1. The molecule has 0 bridgehead atoms. The smallest absolute Gasteiger partial charge is 0.264 e. The number of benzene rings is 3. The predicted octanol–water partition coefficient (Wildman–Crippen LogP) is 6.37. The molecule has 0 spiro atoms.